The SMILES string of the molecule is COc1ccc(CCNC(=O)NCc2ccc(-n3cccn3)cc2)cc1OC. The second kappa shape index (κ2) is 9.45. The fraction of sp³-hybridized carbons (Fsp3) is 0.238. The molecular formula is C21H24N4O3. The third-order valence-corrected chi connectivity index (χ3v) is 4.31. The molecule has 0 spiro atoms. The molecule has 0 fully saturated rings. The van der Waals surface area contributed by atoms with Gasteiger partial charge in [-0.2, -0.15) is 5.10 Å². The van der Waals surface area contributed by atoms with E-state index in [1.165, 1.54) is 0 Å². The molecule has 2 amide bonds. The second-order valence-electron chi connectivity index (χ2n) is 6.17. The minimum atomic E-state index is -0.198. The molecule has 7 nitrogen and oxygen atoms in total. The number of amides is 2. The number of aromatic nitrogens is 2. The number of ether oxygens (including phenoxy) is 2. The summed E-state index contributed by atoms with van der Waals surface area (Å²) in [5, 5.41) is 9.92. The number of methoxy groups -OCH3 is 2. The van der Waals surface area contributed by atoms with Crippen LogP contribution in [0.25, 0.3) is 5.69 Å². The van der Waals surface area contributed by atoms with Gasteiger partial charge in [-0.15, -0.1) is 0 Å². The van der Waals surface area contributed by atoms with Gasteiger partial charge in [-0.3, -0.25) is 0 Å². The first-order chi connectivity index (χ1) is 13.7. The number of hydrogen-bond donors (Lipinski definition) is 2. The topological polar surface area (TPSA) is 77.4 Å². The molecule has 0 bridgehead atoms. The van der Waals surface area contributed by atoms with E-state index in [0.29, 0.717) is 31.0 Å². The molecule has 0 aliphatic rings. The van der Waals surface area contributed by atoms with Crippen molar-refractivity contribution in [2.24, 2.45) is 0 Å². The van der Waals surface area contributed by atoms with Crippen molar-refractivity contribution in [3.8, 4) is 17.2 Å². The molecule has 28 heavy (non-hydrogen) atoms. The summed E-state index contributed by atoms with van der Waals surface area (Å²) in [7, 11) is 3.21. The number of urea groups is 1. The minimum absolute atomic E-state index is 0.198. The smallest absolute Gasteiger partial charge is 0.315 e. The van der Waals surface area contributed by atoms with Gasteiger partial charge in [0.05, 0.1) is 19.9 Å². The average Bonchev–Trinajstić information content (AvgIpc) is 3.27. The molecule has 3 rings (SSSR count). The monoisotopic (exact) mass is 380 g/mol. The van der Waals surface area contributed by atoms with E-state index in [4.69, 9.17) is 9.47 Å². The van der Waals surface area contributed by atoms with Crippen LogP contribution < -0.4 is 20.1 Å². The number of nitrogens with one attached hydrogen (secondary N) is 2. The number of carbonyl (C=O) groups is 1. The Kier molecular flexibility index (Phi) is 6.51. The predicted molar refractivity (Wildman–Crippen MR) is 107 cm³/mol. The molecule has 0 saturated heterocycles. The highest BCUT2D eigenvalue weighted by Gasteiger charge is 2.06. The maximum Gasteiger partial charge on any atom is 0.315 e. The molecule has 2 N–H and O–H groups in total. The normalized spacial score (nSPS) is 10.4. The van der Waals surface area contributed by atoms with E-state index < -0.39 is 0 Å². The molecule has 1 heterocycles. The first kappa shape index (κ1) is 19.3. The van der Waals surface area contributed by atoms with E-state index in [1.807, 2.05) is 54.7 Å². The molecule has 0 unspecified atom stereocenters. The Labute approximate surface area is 164 Å². The molecule has 7 heteroatoms. The summed E-state index contributed by atoms with van der Waals surface area (Å²) in [6.45, 7) is 0.987. The molecule has 1 aromatic heterocycles. The predicted octanol–water partition coefficient (Wildman–Crippen LogP) is 2.93. The maximum absolute atomic E-state index is 12.0. The van der Waals surface area contributed by atoms with Crippen LogP contribution in [0.5, 0.6) is 11.5 Å². The fourth-order valence-corrected chi connectivity index (χ4v) is 2.79. The van der Waals surface area contributed by atoms with Gasteiger partial charge >= 0.3 is 6.03 Å². The summed E-state index contributed by atoms with van der Waals surface area (Å²) in [6, 6.07) is 15.3. The van der Waals surface area contributed by atoms with Crippen LogP contribution in [0, 0.1) is 0 Å². The van der Waals surface area contributed by atoms with Crippen LogP contribution >= 0.6 is 0 Å². The Bertz CT molecular complexity index is 893. The highest BCUT2D eigenvalue weighted by molar-refractivity contribution is 5.73. The van der Waals surface area contributed by atoms with E-state index in [9.17, 15) is 4.79 Å². The zero-order valence-corrected chi connectivity index (χ0v) is 16.0. The molecular weight excluding hydrogens is 356 g/mol. The number of hydrogen-bond acceptors (Lipinski definition) is 4. The number of benzene rings is 2. The zero-order valence-electron chi connectivity index (χ0n) is 16.0. The van der Waals surface area contributed by atoms with Crippen LogP contribution in [0.1, 0.15) is 11.1 Å². The average molecular weight is 380 g/mol. The summed E-state index contributed by atoms with van der Waals surface area (Å²) in [5.41, 5.74) is 3.06. The van der Waals surface area contributed by atoms with Gasteiger partial charge < -0.3 is 20.1 Å². The van der Waals surface area contributed by atoms with Gasteiger partial charge in [-0.05, 0) is 47.9 Å². The first-order valence-corrected chi connectivity index (χ1v) is 9.01. The Morgan fingerprint density at radius 2 is 1.75 bits per heavy atom. The van der Waals surface area contributed by atoms with Gasteiger partial charge in [-0.25, -0.2) is 9.48 Å². The van der Waals surface area contributed by atoms with Crippen LogP contribution in [-0.4, -0.2) is 36.6 Å². The van der Waals surface area contributed by atoms with Crippen molar-refractivity contribution in [3.05, 3.63) is 72.1 Å². The summed E-state index contributed by atoms with van der Waals surface area (Å²) in [4.78, 5) is 12.0. The van der Waals surface area contributed by atoms with Crippen molar-refractivity contribution in [3.63, 3.8) is 0 Å². The Hall–Kier alpha value is -3.48. The summed E-state index contributed by atoms with van der Waals surface area (Å²) < 4.78 is 12.3. The molecule has 0 radical (unpaired) electrons. The van der Waals surface area contributed by atoms with Gasteiger partial charge in [0.2, 0.25) is 0 Å². The van der Waals surface area contributed by atoms with Gasteiger partial charge in [0.1, 0.15) is 0 Å². The third kappa shape index (κ3) is 5.03. The van der Waals surface area contributed by atoms with Crippen LogP contribution in [0.2, 0.25) is 0 Å². The molecule has 0 atom stereocenters. The molecule has 0 aliphatic heterocycles. The van der Waals surface area contributed by atoms with Crippen molar-refractivity contribution >= 4 is 6.03 Å². The van der Waals surface area contributed by atoms with Crippen molar-refractivity contribution in [1.29, 1.82) is 0 Å². The van der Waals surface area contributed by atoms with Crippen LogP contribution in [0.4, 0.5) is 4.79 Å². The largest absolute Gasteiger partial charge is 0.493 e. The van der Waals surface area contributed by atoms with Crippen LogP contribution in [0.3, 0.4) is 0 Å². The van der Waals surface area contributed by atoms with Crippen LogP contribution in [0.15, 0.2) is 60.9 Å². The number of carbonyl (C=O) groups excluding carboxylic acids is 1. The summed E-state index contributed by atoms with van der Waals surface area (Å²) >= 11 is 0. The molecule has 0 aliphatic carbocycles. The number of rotatable bonds is 8. The molecule has 2 aromatic carbocycles. The van der Waals surface area contributed by atoms with Gasteiger partial charge in [0, 0.05) is 25.5 Å². The zero-order chi connectivity index (χ0) is 19.8. The van der Waals surface area contributed by atoms with Gasteiger partial charge in [0.15, 0.2) is 11.5 Å². The van der Waals surface area contributed by atoms with E-state index in [1.54, 1.807) is 25.1 Å². The Morgan fingerprint density at radius 3 is 2.43 bits per heavy atom. The van der Waals surface area contributed by atoms with Crippen molar-refractivity contribution in [1.82, 2.24) is 20.4 Å². The maximum atomic E-state index is 12.0. The minimum Gasteiger partial charge on any atom is -0.493 e. The standard InChI is InChI=1S/C21H24N4O3/c1-27-19-9-6-16(14-20(19)28-2)10-12-22-21(26)23-15-17-4-7-18(8-5-17)25-13-3-11-24-25/h3-9,11,13-14H,10,12,15H2,1-2H3,(H2,22,23,26). The second-order valence-corrected chi connectivity index (χ2v) is 6.17. The molecule has 146 valence electrons. The Balaban J connectivity index is 1.42. The summed E-state index contributed by atoms with van der Waals surface area (Å²) in [5.74, 6) is 1.37. The van der Waals surface area contributed by atoms with E-state index >= 15 is 0 Å². The number of nitrogens with zero attached hydrogens (tertiary/aromatic N) is 2. The van der Waals surface area contributed by atoms with Gasteiger partial charge in [0.25, 0.3) is 0 Å². The third-order valence-electron chi connectivity index (χ3n) is 4.31. The van der Waals surface area contributed by atoms with E-state index in [0.717, 1.165) is 16.8 Å². The first-order valence-electron chi connectivity index (χ1n) is 9.01. The lowest BCUT2D eigenvalue weighted by molar-refractivity contribution is 0.240. The van der Waals surface area contributed by atoms with Gasteiger partial charge in [-0.1, -0.05) is 18.2 Å². The fourth-order valence-electron chi connectivity index (χ4n) is 2.79. The van der Waals surface area contributed by atoms with Crippen molar-refractivity contribution < 1.29 is 14.3 Å². The lowest BCUT2D eigenvalue weighted by Gasteiger charge is -2.11. The summed E-state index contributed by atoms with van der Waals surface area (Å²) in [6.07, 6.45) is 4.33. The highest BCUT2D eigenvalue weighted by atomic mass is 16.5. The lowest BCUT2D eigenvalue weighted by Crippen LogP contribution is -2.36. The Morgan fingerprint density at radius 1 is 1.00 bits per heavy atom. The van der Waals surface area contributed by atoms with E-state index in [-0.39, 0.29) is 6.03 Å². The molecule has 0 saturated carbocycles. The molecule has 3 aromatic rings. The van der Waals surface area contributed by atoms with Crippen molar-refractivity contribution in [2.75, 3.05) is 20.8 Å². The quantitative estimate of drug-likeness (QED) is 0.630. The van der Waals surface area contributed by atoms with Crippen LogP contribution in [-0.2, 0) is 13.0 Å². The van der Waals surface area contributed by atoms with E-state index in [2.05, 4.69) is 15.7 Å². The highest BCUT2D eigenvalue weighted by Crippen LogP contribution is 2.27. The lowest BCUT2D eigenvalue weighted by atomic mass is 10.1. The van der Waals surface area contributed by atoms with Crippen molar-refractivity contribution in [2.45, 2.75) is 13.0 Å².